The predicted octanol–water partition coefficient (Wildman–Crippen LogP) is 5.89. The molecule has 1 heteroatoms. The molecule has 0 heterocycles. The summed E-state index contributed by atoms with van der Waals surface area (Å²) in [5, 5.41) is 0. The van der Waals surface area contributed by atoms with Gasteiger partial charge in [0.2, 0.25) is 0 Å². The first kappa shape index (κ1) is 16.4. The number of rotatable bonds is 7. The van der Waals surface area contributed by atoms with Crippen molar-refractivity contribution in [3.05, 3.63) is 35.1 Å². The molecule has 0 aromatic heterocycles. The molecule has 0 spiro atoms. The normalized spacial score (nSPS) is 12.5. The zero-order valence-electron chi connectivity index (χ0n) is 12.7. The number of hydrogen-bond donors (Lipinski definition) is 0. The maximum Gasteiger partial charge on any atom is 0.0690 e. The Morgan fingerprint density at radius 3 is 2.12 bits per heavy atom. The molecule has 0 nitrogen and oxygen atoms in total. The fourth-order valence-corrected chi connectivity index (χ4v) is 3.36. The maximum absolute atomic E-state index is 3.89. The van der Waals surface area contributed by atoms with E-state index in [1.54, 1.807) is 5.57 Å². The molecule has 0 fully saturated rings. The van der Waals surface area contributed by atoms with Crippen LogP contribution in [0.3, 0.4) is 0 Å². The average molecular weight is 251 g/mol. The Kier molecular flexibility index (Phi) is 7.45. The van der Waals surface area contributed by atoms with Crippen molar-refractivity contribution in [1.29, 1.82) is 0 Å². The van der Waals surface area contributed by atoms with E-state index in [0.717, 1.165) is 6.42 Å². The van der Waals surface area contributed by atoms with Crippen molar-refractivity contribution in [3.8, 4) is 0 Å². The van der Waals surface area contributed by atoms with Crippen molar-refractivity contribution in [3.63, 3.8) is 0 Å². The molecular weight excluding hydrogens is 220 g/mol. The van der Waals surface area contributed by atoms with E-state index in [1.807, 2.05) is 6.08 Å². The molecule has 0 amide bonds. The van der Waals surface area contributed by atoms with E-state index in [0.29, 0.717) is 0 Å². The molecule has 0 saturated heterocycles. The molecule has 0 unspecified atom stereocenters. The average Bonchev–Trinajstić information content (AvgIpc) is 2.19. The molecule has 0 N–H and O–H groups in total. The van der Waals surface area contributed by atoms with Crippen LogP contribution < -0.4 is 0 Å². The first-order chi connectivity index (χ1) is 7.81. The maximum atomic E-state index is 3.89. The molecular formula is C16H30Si. The molecule has 0 radical (unpaired) electrons. The molecule has 98 valence electrons. The second-order valence-corrected chi connectivity index (χ2v) is 11.1. The lowest BCUT2D eigenvalue weighted by molar-refractivity contribution is 0.786. The predicted molar refractivity (Wildman–Crippen MR) is 84.1 cm³/mol. The van der Waals surface area contributed by atoms with Gasteiger partial charge in [-0.2, -0.15) is 0 Å². The Balaban J connectivity index is 5.21. The van der Waals surface area contributed by atoms with Gasteiger partial charge >= 0.3 is 0 Å². The monoisotopic (exact) mass is 250 g/mol. The van der Waals surface area contributed by atoms with Crippen LogP contribution in [0.1, 0.15) is 46.5 Å². The lowest BCUT2D eigenvalue weighted by Crippen LogP contribution is -2.17. The van der Waals surface area contributed by atoms with E-state index >= 15 is 0 Å². The van der Waals surface area contributed by atoms with Crippen molar-refractivity contribution in [2.24, 2.45) is 0 Å². The van der Waals surface area contributed by atoms with Crippen LogP contribution in [0.5, 0.6) is 0 Å². The minimum Gasteiger partial charge on any atom is -0.103 e. The molecule has 0 bridgehead atoms. The zero-order chi connectivity index (χ0) is 13.5. The second kappa shape index (κ2) is 7.70. The van der Waals surface area contributed by atoms with Gasteiger partial charge < -0.3 is 0 Å². The summed E-state index contributed by atoms with van der Waals surface area (Å²) in [5.74, 6) is 0. The van der Waals surface area contributed by atoms with E-state index in [9.17, 15) is 0 Å². The Morgan fingerprint density at radius 1 is 1.18 bits per heavy atom. The Bertz CT molecular complexity index is 296. The lowest BCUT2D eigenvalue weighted by Gasteiger charge is -2.18. The quantitative estimate of drug-likeness (QED) is 0.300. The van der Waals surface area contributed by atoms with E-state index in [4.69, 9.17) is 0 Å². The molecule has 0 atom stereocenters. The Hall–Kier alpha value is -0.563. The van der Waals surface area contributed by atoms with Crippen molar-refractivity contribution >= 4 is 8.07 Å². The van der Waals surface area contributed by atoms with Gasteiger partial charge in [0.15, 0.2) is 0 Å². The fourth-order valence-electron chi connectivity index (χ4n) is 2.00. The topological polar surface area (TPSA) is 0 Å². The van der Waals surface area contributed by atoms with Gasteiger partial charge in [-0.1, -0.05) is 55.9 Å². The van der Waals surface area contributed by atoms with Gasteiger partial charge in [-0.3, -0.25) is 0 Å². The van der Waals surface area contributed by atoms with Crippen LogP contribution in [-0.4, -0.2) is 8.07 Å². The van der Waals surface area contributed by atoms with Gasteiger partial charge in [0.05, 0.1) is 8.07 Å². The first-order valence-corrected chi connectivity index (χ1v) is 10.4. The Morgan fingerprint density at radius 2 is 1.76 bits per heavy atom. The first-order valence-electron chi connectivity index (χ1n) is 6.81. The number of unbranched alkanes of at least 4 members (excludes halogenated alkanes) is 1. The van der Waals surface area contributed by atoms with E-state index in [1.165, 1.54) is 30.4 Å². The molecule has 0 aliphatic carbocycles. The van der Waals surface area contributed by atoms with Crippen LogP contribution >= 0.6 is 0 Å². The number of hydrogen-bond acceptors (Lipinski definition) is 0. The van der Waals surface area contributed by atoms with Crippen molar-refractivity contribution in [1.82, 2.24) is 0 Å². The molecule has 17 heavy (non-hydrogen) atoms. The minimum absolute atomic E-state index is 1.02. The molecule has 0 aromatic carbocycles. The molecule has 0 rings (SSSR count). The summed E-state index contributed by atoms with van der Waals surface area (Å²) in [4.78, 5) is 0. The van der Waals surface area contributed by atoms with Crippen LogP contribution in [0.2, 0.25) is 19.6 Å². The van der Waals surface area contributed by atoms with Crippen molar-refractivity contribution in [2.75, 3.05) is 0 Å². The summed E-state index contributed by atoms with van der Waals surface area (Å²) in [7, 11) is -1.14. The van der Waals surface area contributed by atoms with Crippen molar-refractivity contribution in [2.45, 2.75) is 66.1 Å². The summed E-state index contributed by atoms with van der Waals surface area (Å²) in [6.07, 6.45) is 6.85. The number of allylic oxidation sites excluding steroid dienone is 4. The molecule has 0 aliphatic heterocycles. The van der Waals surface area contributed by atoms with Gasteiger partial charge in [-0.05, 0) is 38.7 Å². The smallest absolute Gasteiger partial charge is 0.0690 e. The molecule has 0 aliphatic rings. The minimum atomic E-state index is -1.14. The van der Waals surface area contributed by atoms with Gasteiger partial charge in [0.1, 0.15) is 0 Å². The van der Waals surface area contributed by atoms with Crippen LogP contribution in [0.15, 0.2) is 35.1 Å². The van der Waals surface area contributed by atoms with Gasteiger partial charge in [-0.25, -0.2) is 0 Å². The van der Waals surface area contributed by atoms with E-state index in [2.05, 4.69) is 52.7 Å². The molecule has 0 saturated carbocycles. The summed E-state index contributed by atoms with van der Waals surface area (Å²) in [6.45, 7) is 17.8. The van der Waals surface area contributed by atoms with Crippen LogP contribution in [0.25, 0.3) is 0 Å². The van der Waals surface area contributed by atoms with E-state index in [-0.39, 0.29) is 0 Å². The summed E-state index contributed by atoms with van der Waals surface area (Å²) in [5.41, 5.74) is 7.14. The third-order valence-electron chi connectivity index (χ3n) is 2.75. The second-order valence-electron chi connectivity index (χ2n) is 6.11. The summed E-state index contributed by atoms with van der Waals surface area (Å²) in [6, 6.07) is 0. The van der Waals surface area contributed by atoms with E-state index < -0.39 is 8.07 Å². The van der Waals surface area contributed by atoms with Crippen molar-refractivity contribution < 1.29 is 0 Å². The largest absolute Gasteiger partial charge is 0.103 e. The summed E-state index contributed by atoms with van der Waals surface area (Å²) >= 11 is 0. The lowest BCUT2D eigenvalue weighted by atomic mass is 9.95. The van der Waals surface area contributed by atoms with Crippen LogP contribution in [-0.2, 0) is 0 Å². The standard InChI is InChI=1S/C16H30Si/c1-8-10-12-15(13-17(5,6)7)16(11-9-2)14(3)4/h9,13H,2,8,10-12H2,1,3-7H3/b15-13-. The molecule has 0 aromatic rings. The highest BCUT2D eigenvalue weighted by Gasteiger charge is 2.13. The SMILES string of the molecule is C=CCC(=C(C)C)/C(=C\[Si](C)(C)C)CCCC. The highest BCUT2D eigenvalue weighted by atomic mass is 28.3. The third kappa shape index (κ3) is 7.38. The highest BCUT2D eigenvalue weighted by molar-refractivity contribution is 6.81. The third-order valence-corrected chi connectivity index (χ3v) is 3.96. The summed E-state index contributed by atoms with van der Waals surface area (Å²) < 4.78 is 0. The Labute approximate surface area is 110 Å². The van der Waals surface area contributed by atoms with Gasteiger partial charge in [-0.15, -0.1) is 6.58 Å². The van der Waals surface area contributed by atoms with Gasteiger partial charge in [0, 0.05) is 0 Å². The highest BCUT2D eigenvalue weighted by Crippen LogP contribution is 2.26. The van der Waals surface area contributed by atoms with Gasteiger partial charge in [0.25, 0.3) is 0 Å². The zero-order valence-corrected chi connectivity index (χ0v) is 13.7. The fraction of sp³-hybridized carbons (Fsp3) is 0.625. The van der Waals surface area contributed by atoms with Crippen LogP contribution in [0, 0.1) is 0 Å². The van der Waals surface area contributed by atoms with Crippen LogP contribution in [0.4, 0.5) is 0 Å².